The summed E-state index contributed by atoms with van der Waals surface area (Å²) >= 11 is 0. The molecule has 0 saturated heterocycles. The summed E-state index contributed by atoms with van der Waals surface area (Å²) in [4.78, 5) is 12.0. The first-order valence-corrected chi connectivity index (χ1v) is 5.21. The molecule has 0 unspecified atom stereocenters. The van der Waals surface area contributed by atoms with Crippen molar-refractivity contribution in [3.63, 3.8) is 0 Å². The van der Waals surface area contributed by atoms with E-state index >= 15 is 0 Å². The van der Waals surface area contributed by atoms with Gasteiger partial charge >= 0.3 is 0 Å². The Hall–Kier alpha value is -2.21. The number of hydrogen-bond acceptors (Lipinski definition) is 6. The number of nitrogens with one attached hydrogen (secondary N) is 1. The Kier molecular flexibility index (Phi) is 3.46. The Labute approximate surface area is 98.6 Å². The van der Waals surface area contributed by atoms with Crippen molar-refractivity contribution in [3.8, 4) is 0 Å². The molecule has 88 valence electrons. The highest BCUT2D eigenvalue weighted by Crippen LogP contribution is 2.12. The maximum atomic E-state index is 8.83. The van der Waals surface area contributed by atoms with E-state index in [9.17, 15) is 0 Å². The van der Waals surface area contributed by atoms with E-state index in [-0.39, 0.29) is 12.6 Å². The highest BCUT2D eigenvalue weighted by atomic mass is 16.3. The number of hydrogen-bond donors (Lipinski definition) is 3. The lowest BCUT2D eigenvalue weighted by atomic mass is 10.3. The van der Waals surface area contributed by atoms with Crippen LogP contribution in [0.15, 0.2) is 30.3 Å². The van der Waals surface area contributed by atoms with Crippen LogP contribution in [0.4, 0.5) is 17.6 Å². The highest BCUT2D eigenvalue weighted by molar-refractivity contribution is 5.53. The van der Waals surface area contributed by atoms with Crippen LogP contribution in [0.1, 0.15) is 5.82 Å². The number of nitrogens with zero attached hydrogens (tertiary/aromatic N) is 3. The number of aromatic nitrogens is 3. The van der Waals surface area contributed by atoms with Crippen molar-refractivity contribution in [1.29, 1.82) is 0 Å². The molecule has 0 spiro atoms. The summed E-state index contributed by atoms with van der Waals surface area (Å²) in [5.74, 6) is 0.993. The molecule has 1 heterocycles. The first kappa shape index (κ1) is 11.3. The van der Waals surface area contributed by atoms with Crippen molar-refractivity contribution in [3.05, 3.63) is 36.2 Å². The summed E-state index contributed by atoms with van der Waals surface area (Å²) < 4.78 is 0. The summed E-state index contributed by atoms with van der Waals surface area (Å²) in [7, 11) is 0. The van der Waals surface area contributed by atoms with Crippen molar-refractivity contribution in [1.82, 2.24) is 15.0 Å². The Morgan fingerprint density at radius 3 is 2.59 bits per heavy atom. The van der Waals surface area contributed by atoms with Gasteiger partial charge in [-0.3, -0.25) is 0 Å². The number of anilines is 3. The van der Waals surface area contributed by atoms with Crippen LogP contribution in [0.3, 0.4) is 0 Å². The highest BCUT2D eigenvalue weighted by Gasteiger charge is 2.04. The fourth-order valence-electron chi connectivity index (χ4n) is 1.36. The molecule has 1 aromatic heterocycles. The SMILES string of the molecule is Nc1nc(CCO)nc(Nc2ccccc2)n1. The summed E-state index contributed by atoms with van der Waals surface area (Å²) in [6.45, 7) is -0.0196. The van der Waals surface area contributed by atoms with Gasteiger partial charge in [-0.25, -0.2) is 0 Å². The summed E-state index contributed by atoms with van der Waals surface area (Å²) in [5, 5.41) is 11.8. The third kappa shape index (κ3) is 3.12. The van der Waals surface area contributed by atoms with Gasteiger partial charge in [0.1, 0.15) is 5.82 Å². The van der Waals surface area contributed by atoms with Crippen molar-refractivity contribution in [2.24, 2.45) is 0 Å². The standard InChI is InChI=1S/C11H13N5O/c12-10-14-9(6-7-17)15-11(16-10)13-8-4-2-1-3-5-8/h1-5,17H,6-7H2,(H3,12,13,14,15,16). The summed E-state index contributed by atoms with van der Waals surface area (Å²) in [5.41, 5.74) is 6.43. The maximum Gasteiger partial charge on any atom is 0.232 e. The van der Waals surface area contributed by atoms with Gasteiger partial charge in [-0.2, -0.15) is 15.0 Å². The number of nitrogens with two attached hydrogens (primary N) is 1. The Morgan fingerprint density at radius 1 is 1.12 bits per heavy atom. The normalized spacial score (nSPS) is 10.2. The minimum absolute atomic E-state index is 0.0196. The molecule has 6 nitrogen and oxygen atoms in total. The van der Waals surface area contributed by atoms with E-state index < -0.39 is 0 Å². The van der Waals surface area contributed by atoms with Crippen LogP contribution in [-0.4, -0.2) is 26.7 Å². The minimum Gasteiger partial charge on any atom is -0.396 e. The molecule has 0 radical (unpaired) electrons. The predicted molar refractivity (Wildman–Crippen MR) is 64.8 cm³/mol. The first-order chi connectivity index (χ1) is 8.28. The van der Waals surface area contributed by atoms with E-state index in [1.165, 1.54) is 0 Å². The molecule has 0 aliphatic heterocycles. The number of rotatable bonds is 4. The monoisotopic (exact) mass is 231 g/mol. The van der Waals surface area contributed by atoms with E-state index in [0.717, 1.165) is 5.69 Å². The Balaban J connectivity index is 2.21. The maximum absolute atomic E-state index is 8.83. The van der Waals surface area contributed by atoms with E-state index in [2.05, 4.69) is 20.3 Å². The molecule has 0 aliphatic carbocycles. The molecule has 0 bridgehead atoms. The van der Waals surface area contributed by atoms with Gasteiger partial charge in [0, 0.05) is 12.1 Å². The lowest BCUT2D eigenvalue weighted by molar-refractivity contribution is 0.296. The second kappa shape index (κ2) is 5.22. The zero-order valence-electron chi connectivity index (χ0n) is 9.17. The molecule has 4 N–H and O–H groups in total. The van der Waals surface area contributed by atoms with E-state index in [4.69, 9.17) is 10.8 Å². The zero-order chi connectivity index (χ0) is 12.1. The fourth-order valence-corrected chi connectivity index (χ4v) is 1.36. The largest absolute Gasteiger partial charge is 0.396 e. The quantitative estimate of drug-likeness (QED) is 0.717. The van der Waals surface area contributed by atoms with E-state index in [1.54, 1.807) is 0 Å². The summed E-state index contributed by atoms with van der Waals surface area (Å²) in [6, 6.07) is 9.52. The van der Waals surface area contributed by atoms with Crippen molar-refractivity contribution < 1.29 is 5.11 Å². The van der Waals surface area contributed by atoms with Gasteiger partial charge in [-0.05, 0) is 12.1 Å². The van der Waals surface area contributed by atoms with Crippen molar-refractivity contribution in [2.75, 3.05) is 17.7 Å². The van der Waals surface area contributed by atoms with Crippen LogP contribution in [0, 0.1) is 0 Å². The molecule has 1 aromatic carbocycles. The average Bonchev–Trinajstić information content (AvgIpc) is 2.30. The molecular formula is C11H13N5O. The molecule has 17 heavy (non-hydrogen) atoms. The van der Waals surface area contributed by atoms with Crippen LogP contribution < -0.4 is 11.1 Å². The van der Waals surface area contributed by atoms with Gasteiger partial charge in [0.05, 0.1) is 6.61 Å². The Morgan fingerprint density at radius 2 is 1.88 bits per heavy atom. The number of para-hydroxylation sites is 1. The number of benzene rings is 1. The van der Waals surface area contributed by atoms with E-state index in [0.29, 0.717) is 18.2 Å². The molecule has 0 fully saturated rings. The molecule has 0 saturated carbocycles. The van der Waals surface area contributed by atoms with Crippen LogP contribution in [0.2, 0.25) is 0 Å². The Bertz CT molecular complexity index is 488. The average molecular weight is 231 g/mol. The van der Waals surface area contributed by atoms with Crippen LogP contribution in [0.25, 0.3) is 0 Å². The van der Waals surface area contributed by atoms with Crippen LogP contribution in [-0.2, 0) is 6.42 Å². The second-order valence-corrected chi connectivity index (χ2v) is 3.40. The molecule has 0 aliphatic rings. The third-order valence-electron chi connectivity index (χ3n) is 2.06. The van der Waals surface area contributed by atoms with E-state index in [1.807, 2.05) is 30.3 Å². The van der Waals surface area contributed by atoms with Gasteiger partial charge in [-0.15, -0.1) is 0 Å². The molecule has 2 aromatic rings. The second-order valence-electron chi connectivity index (χ2n) is 3.40. The van der Waals surface area contributed by atoms with Crippen LogP contribution in [0.5, 0.6) is 0 Å². The van der Waals surface area contributed by atoms with Gasteiger partial charge < -0.3 is 16.2 Å². The third-order valence-corrected chi connectivity index (χ3v) is 2.06. The van der Waals surface area contributed by atoms with Gasteiger partial charge in [0.25, 0.3) is 0 Å². The predicted octanol–water partition coefficient (Wildman–Crippen LogP) is 0.732. The van der Waals surface area contributed by atoms with Crippen LogP contribution >= 0.6 is 0 Å². The molecule has 0 atom stereocenters. The first-order valence-electron chi connectivity index (χ1n) is 5.21. The van der Waals surface area contributed by atoms with Gasteiger partial charge in [-0.1, -0.05) is 18.2 Å². The molecular weight excluding hydrogens is 218 g/mol. The number of aliphatic hydroxyl groups excluding tert-OH is 1. The minimum atomic E-state index is -0.0196. The van der Waals surface area contributed by atoms with Gasteiger partial charge in [0.2, 0.25) is 11.9 Å². The number of aliphatic hydroxyl groups is 1. The lowest BCUT2D eigenvalue weighted by Crippen LogP contribution is -2.08. The topological polar surface area (TPSA) is 97.0 Å². The fraction of sp³-hybridized carbons (Fsp3) is 0.182. The summed E-state index contributed by atoms with van der Waals surface area (Å²) in [6.07, 6.45) is 0.357. The number of nitrogen functional groups attached to an aromatic ring is 1. The van der Waals surface area contributed by atoms with Gasteiger partial charge in [0.15, 0.2) is 0 Å². The molecule has 0 amide bonds. The lowest BCUT2D eigenvalue weighted by Gasteiger charge is -2.06. The van der Waals surface area contributed by atoms with Crippen molar-refractivity contribution in [2.45, 2.75) is 6.42 Å². The zero-order valence-corrected chi connectivity index (χ0v) is 9.17. The van der Waals surface area contributed by atoms with Crippen molar-refractivity contribution >= 4 is 17.6 Å². The smallest absolute Gasteiger partial charge is 0.232 e. The molecule has 2 rings (SSSR count). The molecule has 6 heteroatoms.